The predicted molar refractivity (Wildman–Crippen MR) is 39.8 cm³/mol. The van der Waals surface area contributed by atoms with Gasteiger partial charge >= 0.3 is 0 Å². The molecule has 0 aliphatic carbocycles. The van der Waals surface area contributed by atoms with Crippen molar-refractivity contribution in [3.05, 3.63) is 0 Å². The Kier molecular flexibility index (Phi) is 6.10. The van der Waals surface area contributed by atoms with Gasteiger partial charge in [0, 0.05) is 0 Å². The Bertz CT molecular complexity index is 191. The van der Waals surface area contributed by atoms with Gasteiger partial charge in [-0.05, 0) is 19.8 Å². The van der Waals surface area contributed by atoms with Crippen molar-refractivity contribution in [1.29, 1.82) is 0 Å². The standard InChI is InChI=1S/C7H10N2O2/c1-7(9-6-11)3-2-4-8-5-10/h7H,2-4H2,1H3/t7-/m1/s1. The molecule has 0 N–H and O–H groups in total. The minimum Gasteiger partial charge on any atom is -0.211 e. The number of nitrogens with zero attached hydrogens (tertiary/aromatic N) is 2. The van der Waals surface area contributed by atoms with Gasteiger partial charge in [-0.25, -0.2) is 19.6 Å². The Hall–Kier alpha value is -1.24. The van der Waals surface area contributed by atoms with Crippen LogP contribution in [-0.4, -0.2) is 24.7 Å². The van der Waals surface area contributed by atoms with Crippen LogP contribution >= 0.6 is 0 Å². The lowest BCUT2D eigenvalue weighted by molar-refractivity contribution is 0.550. The van der Waals surface area contributed by atoms with E-state index in [-0.39, 0.29) is 6.04 Å². The molecule has 1 atom stereocenters. The highest BCUT2D eigenvalue weighted by Crippen LogP contribution is 1.99. The monoisotopic (exact) mass is 154 g/mol. The molecule has 0 radical (unpaired) electrons. The second-order valence-corrected chi connectivity index (χ2v) is 2.18. The number of carbonyl (C=O) groups excluding carboxylic acids is 2. The Morgan fingerprint density at radius 2 is 2.09 bits per heavy atom. The first kappa shape index (κ1) is 9.76. The molecule has 0 saturated carbocycles. The van der Waals surface area contributed by atoms with Crippen LogP contribution in [0.5, 0.6) is 0 Å². The summed E-state index contributed by atoms with van der Waals surface area (Å²) in [6.45, 7) is 2.28. The minimum atomic E-state index is -0.0191. The lowest BCUT2D eigenvalue weighted by Crippen LogP contribution is -1.97. The van der Waals surface area contributed by atoms with E-state index in [1.54, 1.807) is 0 Å². The zero-order chi connectivity index (χ0) is 8.53. The summed E-state index contributed by atoms with van der Waals surface area (Å²) in [6.07, 6.45) is 4.42. The van der Waals surface area contributed by atoms with Crippen LogP contribution in [0.4, 0.5) is 0 Å². The first-order valence-electron chi connectivity index (χ1n) is 3.42. The summed E-state index contributed by atoms with van der Waals surface area (Å²) >= 11 is 0. The van der Waals surface area contributed by atoms with Crippen LogP contribution in [0.1, 0.15) is 19.8 Å². The molecule has 11 heavy (non-hydrogen) atoms. The summed E-state index contributed by atoms with van der Waals surface area (Å²) in [5, 5.41) is 0. The maximum Gasteiger partial charge on any atom is 0.235 e. The molecular weight excluding hydrogens is 144 g/mol. The van der Waals surface area contributed by atoms with Gasteiger partial charge < -0.3 is 0 Å². The molecule has 0 aromatic rings. The maximum absolute atomic E-state index is 9.73. The van der Waals surface area contributed by atoms with Gasteiger partial charge in [0.15, 0.2) is 0 Å². The van der Waals surface area contributed by atoms with E-state index in [9.17, 15) is 9.59 Å². The van der Waals surface area contributed by atoms with Crippen molar-refractivity contribution in [2.45, 2.75) is 25.8 Å². The molecule has 0 bridgehead atoms. The van der Waals surface area contributed by atoms with Gasteiger partial charge in [-0.15, -0.1) is 0 Å². The van der Waals surface area contributed by atoms with Gasteiger partial charge in [-0.2, -0.15) is 0 Å². The minimum absolute atomic E-state index is 0.0191. The van der Waals surface area contributed by atoms with Crippen molar-refractivity contribution in [2.24, 2.45) is 9.98 Å². The molecule has 0 rings (SSSR count). The molecule has 0 aromatic heterocycles. The van der Waals surface area contributed by atoms with E-state index in [4.69, 9.17) is 0 Å². The quantitative estimate of drug-likeness (QED) is 0.334. The summed E-state index contributed by atoms with van der Waals surface area (Å²) in [6, 6.07) is -0.0191. The third-order valence-corrected chi connectivity index (χ3v) is 1.23. The SMILES string of the molecule is C[C@H](CCCN=C=O)N=C=O. The average molecular weight is 154 g/mol. The predicted octanol–water partition coefficient (Wildman–Crippen LogP) is 0.827. The van der Waals surface area contributed by atoms with E-state index in [0.29, 0.717) is 6.54 Å². The molecule has 0 aromatic carbocycles. The summed E-state index contributed by atoms with van der Waals surface area (Å²) in [5.74, 6) is 0. The molecule has 60 valence electrons. The Balaban J connectivity index is 3.37. The van der Waals surface area contributed by atoms with E-state index in [1.165, 1.54) is 12.2 Å². The Labute approximate surface area is 65.0 Å². The van der Waals surface area contributed by atoms with Crippen LogP contribution in [0.15, 0.2) is 9.98 Å². The van der Waals surface area contributed by atoms with Crippen molar-refractivity contribution in [3.8, 4) is 0 Å². The van der Waals surface area contributed by atoms with Crippen molar-refractivity contribution in [1.82, 2.24) is 0 Å². The molecule has 0 saturated heterocycles. The zero-order valence-corrected chi connectivity index (χ0v) is 6.41. The number of isocyanates is 2. The van der Waals surface area contributed by atoms with E-state index < -0.39 is 0 Å². The molecule has 0 aliphatic rings. The number of aliphatic imine (C=N–C) groups is 2. The molecule has 0 aliphatic heterocycles. The van der Waals surface area contributed by atoms with Gasteiger partial charge in [0.1, 0.15) is 0 Å². The van der Waals surface area contributed by atoms with Gasteiger partial charge in [-0.3, -0.25) is 0 Å². The first-order valence-corrected chi connectivity index (χ1v) is 3.42. The van der Waals surface area contributed by atoms with Crippen molar-refractivity contribution < 1.29 is 9.59 Å². The van der Waals surface area contributed by atoms with E-state index >= 15 is 0 Å². The van der Waals surface area contributed by atoms with Gasteiger partial charge in [0.05, 0.1) is 12.6 Å². The van der Waals surface area contributed by atoms with Crippen LogP contribution in [0, 0.1) is 0 Å². The second-order valence-electron chi connectivity index (χ2n) is 2.18. The smallest absolute Gasteiger partial charge is 0.211 e. The van der Waals surface area contributed by atoms with E-state index in [1.807, 2.05) is 6.92 Å². The molecule has 0 spiro atoms. The van der Waals surface area contributed by atoms with Gasteiger partial charge in [-0.1, -0.05) is 0 Å². The fourth-order valence-corrected chi connectivity index (χ4v) is 0.666. The lowest BCUT2D eigenvalue weighted by Gasteiger charge is -1.98. The lowest BCUT2D eigenvalue weighted by atomic mass is 10.2. The Morgan fingerprint density at radius 3 is 2.64 bits per heavy atom. The van der Waals surface area contributed by atoms with E-state index in [2.05, 4.69) is 9.98 Å². The third-order valence-electron chi connectivity index (χ3n) is 1.23. The highest BCUT2D eigenvalue weighted by atomic mass is 16.1. The van der Waals surface area contributed by atoms with Gasteiger partial charge in [0.2, 0.25) is 12.2 Å². The first-order chi connectivity index (χ1) is 5.31. The fraction of sp³-hybridized carbons (Fsp3) is 0.714. The van der Waals surface area contributed by atoms with Crippen LogP contribution < -0.4 is 0 Å². The van der Waals surface area contributed by atoms with Crippen molar-refractivity contribution >= 4 is 12.2 Å². The molecular formula is C7H10N2O2. The van der Waals surface area contributed by atoms with Gasteiger partial charge in [0.25, 0.3) is 0 Å². The summed E-state index contributed by atoms with van der Waals surface area (Å²) in [5.41, 5.74) is 0. The molecule has 4 heteroatoms. The zero-order valence-electron chi connectivity index (χ0n) is 6.41. The molecule has 0 unspecified atom stereocenters. The molecule has 0 heterocycles. The highest BCUT2D eigenvalue weighted by molar-refractivity contribution is 5.33. The normalized spacial score (nSPS) is 11.0. The van der Waals surface area contributed by atoms with Crippen LogP contribution in [-0.2, 0) is 9.59 Å². The number of rotatable bonds is 5. The number of hydrogen-bond acceptors (Lipinski definition) is 4. The van der Waals surface area contributed by atoms with Crippen molar-refractivity contribution in [3.63, 3.8) is 0 Å². The third kappa shape index (κ3) is 6.65. The fourth-order valence-electron chi connectivity index (χ4n) is 0.666. The number of hydrogen-bond donors (Lipinski definition) is 0. The summed E-state index contributed by atoms with van der Waals surface area (Å²) < 4.78 is 0. The molecule has 0 amide bonds. The van der Waals surface area contributed by atoms with Crippen LogP contribution in [0.3, 0.4) is 0 Å². The Morgan fingerprint density at radius 1 is 1.36 bits per heavy atom. The highest BCUT2D eigenvalue weighted by Gasteiger charge is 1.96. The topological polar surface area (TPSA) is 58.9 Å². The second kappa shape index (κ2) is 6.87. The maximum atomic E-state index is 9.73. The van der Waals surface area contributed by atoms with Crippen LogP contribution in [0.2, 0.25) is 0 Å². The summed E-state index contributed by atoms with van der Waals surface area (Å²) in [7, 11) is 0. The van der Waals surface area contributed by atoms with E-state index in [0.717, 1.165) is 12.8 Å². The van der Waals surface area contributed by atoms with Crippen LogP contribution in [0.25, 0.3) is 0 Å². The van der Waals surface area contributed by atoms with Crippen molar-refractivity contribution in [2.75, 3.05) is 6.54 Å². The summed E-state index contributed by atoms with van der Waals surface area (Å²) in [4.78, 5) is 26.2. The molecule has 4 nitrogen and oxygen atoms in total. The molecule has 0 fully saturated rings. The average Bonchev–Trinajstić information content (AvgIpc) is 1.99. The largest absolute Gasteiger partial charge is 0.235 e.